The second-order valence-corrected chi connectivity index (χ2v) is 9.39. The number of amides is 1. The lowest BCUT2D eigenvalue weighted by Gasteiger charge is -2.18. The number of thioether (sulfide) groups is 1. The van der Waals surface area contributed by atoms with E-state index in [0.717, 1.165) is 36.1 Å². The van der Waals surface area contributed by atoms with E-state index in [1.165, 1.54) is 11.3 Å². The van der Waals surface area contributed by atoms with Gasteiger partial charge in [0.1, 0.15) is 0 Å². The standard InChI is InChI=1S/C18H17ClN2OS3/c1-12-20-13(10-23-12)11-24-16-6-4-3-5-15(16)18(22)21(2)9-14-7-8-17(19)25-14/h3-8,10H,9,11H2,1-2H3. The van der Waals surface area contributed by atoms with Gasteiger partial charge in [0.05, 0.1) is 27.1 Å². The molecule has 1 aromatic carbocycles. The van der Waals surface area contributed by atoms with Crippen LogP contribution in [0.1, 0.15) is 25.9 Å². The van der Waals surface area contributed by atoms with Gasteiger partial charge in [0.2, 0.25) is 0 Å². The van der Waals surface area contributed by atoms with Crippen molar-refractivity contribution in [3.05, 3.63) is 67.3 Å². The van der Waals surface area contributed by atoms with Gasteiger partial charge in [-0.15, -0.1) is 34.4 Å². The Labute approximate surface area is 164 Å². The van der Waals surface area contributed by atoms with Gasteiger partial charge >= 0.3 is 0 Å². The van der Waals surface area contributed by atoms with Gasteiger partial charge in [-0.05, 0) is 31.2 Å². The van der Waals surface area contributed by atoms with E-state index in [2.05, 4.69) is 10.4 Å². The van der Waals surface area contributed by atoms with Crippen molar-refractivity contribution >= 4 is 51.9 Å². The normalized spacial score (nSPS) is 10.8. The zero-order valence-corrected chi connectivity index (χ0v) is 17.1. The average molecular weight is 409 g/mol. The van der Waals surface area contributed by atoms with Crippen molar-refractivity contribution in [2.75, 3.05) is 7.05 Å². The number of hydrogen-bond acceptors (Lipinski definition) is 5. The maximum absolute atomic E-state index is 12.9. The maximum Gasteiger partial charge on any atom is 0.255 e. The Bertz CT molecular complexity index is 875. The summed E-state index contributed by atoms with van der Waals surface area (Å²) in [5.74, 6) is 0.779. The number of halogens is 1. The molecule has 3 nitrogen and oxygen atoms in total. The van der Waals surface area contributed by atoms with Crippen LogP contribution in [0.2, 0.25) is 4.34 Å². The molecule has 1 amide bonds. The van der Waals surface area contributed by atoms with Gasteiger partial charge in [-0.2, -0.15) is 0 Å². The molecule has 0 aliphatic rings. The number of nitrogens with zero attached hydrogens (tertiary/aromatic N) is 2. The van der Waals surface area contributed by atoms with Crippen LogP contribution >= 0.6 is 46.0 Å². The van der Waals surface area contributed by atoms with Gasteiger partial charge in [-0.25, -0.2) is 4.98 Å². The summed E-state index contributed by atoms with van der Waals surface area (Å²) in [6, 6.07) is 11.6. The van der Waals surface area contributed by atoms with Crippen LogP contribution < -0.4 is 0 Å². The first-order valence-corrected chi connectivity index (χ1v) is 10.7. The molecule has 2 aromatic heterocycles. The Hall–Kier alpha value is -1.34. The van der Waals surface area contributed by atoms with Crippen molar-refractivity contribution in [3.8, 4) is 0 Å². The molecule has 0 N–H and O–H groups in total. The summed E-state index contributed by atoms with van der Waals surface area (Å²) < 4.78 is 0.741. The van der Waals surface area contributed by atoms with Crippen LogP contribution in [-0.4, -0.2) is 22.8 Å². The Morgan fingerprint density at radius 2 is 2.08 bits per heavy atom. The highest BCUT2D eigenvalue weighted by molar-refractivity contribution is 7.98. The number of carbonyl (C=O) groups is 1. The fourth-order valence-corrected chi connectivity index (χ4v) is 5.14. The highest BCUT2D eigenvalue weighted by Crippen LogP contribution is 2.28. The Kier molecular flexibility index (Phi) is 6.17. The molecule has 7 heteroatoms. The molecule has 0 saturated carbocycles. The molecule has 0 atom stereocenters. The fourth-order valence-electron chi connectivity index (χ4n) is 2.34. The SMILES string of the molecule is Cc1nc(CSc2ccccc2C(=O)N(C)Cc2ccc(Cl)s2)cs1. The van der Waals surface area contributed by atoms with Crippen LogP contribution in [0.15, 0.2) is 46.7 Å². The number of thiophene rings is 1. The molecule has 0 fully saturated rings. The lowest BCUT2D eigenvalue weighted by atomic mass is 10.2. The van der Waals surface area contributed by atoms with Crippen LogP contribution in [0, 0.1) is 6.92 Å². The van der Waals surface area contributed by atoms with Gasteiger partial charge in [0, 0.05) is 28.0 Å². The monoisotopic (exact) mass is 408 g/mol. The predicted molar refractivity (Wildman–Crippen MR) is 108 cm³/mol. The van der Waals surface area contributed by atoms with Crippen molar-refractivity contribution in [3.63, 3.8) is 0 Å². The van der Waals surface area contributed by atoms with Gasteiger partial charge < -0.3 is 4.90 Å². The second kappa shape index (κ2) is 8.36. The van der Waals surface area contributed by atoms with E-state index in [0.29, 0.717) is 6.54 Å². The fraction of sp³-hybridized carbons (Fsp3) is 0.222. The van der Waals surface area contributed by atoms with E-state index in [9.17, 15) is 4.79 Å². The molecule has 3 rings (SSSR count). The molecule has 25 heavy (non-hydrogen) atoms. The third kappa shape index (κ3) is 4.85. The molecular formula is C18H17ClN2OS3. The molecule has 2 heterocycles. The van der Waals surface area contributed by atoms with E-state index >= 15 is 0 Å². The predicted octanol–water partition coefficient (Wildman–Crippen LogP) is 5.73. The molecule has 0 radical (unpaired) electrons. The first-order valence-electron chi connectivity index (χ1n) is 7.65. The lowest BCUT2D eigenvalue weighted by molar-refractivity contribution is 0.0783. The number of thiazole rings is 1. The highest BCUT2D eigenvalue weighted by Gasteiger charge is 2.17. The van der Waals surface area contributed by atoms with Crippen molar-refractivity contribution in [2.24, 2.45) is 0 Å². The molecule has 0 aliphatic carbocycles. The lowest BCUT2D eigenvalue weighted by Crippen LogP contribution is -2.26. The molecule has 0 saturated heterocycles. The molecular weight excluding hydrogens is 392 g/mol. The van der Waals surface area contributed by atoms with E-state index < -0.39 is 0 Å². The summed E-state index contributed by atoms with van der Waals surface area (Å²) in [5.41, 5.74) is 1.78. The number of carbonyl (C=O) groups excluding carboxylic acids is 1. The Balaban J connectivity index is 1.71. The molecule has 0 aliphatic heterocycles. The number of aryl methyl sites for hydroxylation is 1. The summed E-state index contributed by atoms with van der Waals surface area (Å²) >= 11 is 10.8. The average Bonchev–Trinajstić information content (AvgIpc) is 3.20. The van der Waals surface area contributed by atoms with Gasteiger partial charge in [0.25, 0.3) is 5.91 Å². The van der Waals surface area contributed by atoms with Crippen molar-refractivity contribution < 1.29 is 4.79 Å². The summed E-state index contributed by atoms with van der Waals surface area (Å²) in [7, 11) is 1.82. The Morgan fingerprint density at radius 1 is 1.28 bits per heavy atom. The summed E-state index contributed by atoms with van der Waals surface area (Å²) in [6.07, 6.45) is 0. The minimum atomic E-state index is 0.0158. The zero-order valence-electron chi connectivity index (χ0n) is 13.9. The number of rotatable bonds is 6. The van der Waals surface area contributed by atoms with Crippen LogP contribution in [0.4, 0.5) is 0 Å². The van der Waals surface area contributed by atoms with Gasteiger partial charge in [-0.1, -0.05) is 23.7 Å². The number of aromatic nitrogens is 1. The van der Waals surface area contributed by atoms with Crippen LogP contribution in [0.5, 0.6) is 0 Å². The largest absolute Gasteiger partial charge is 0.337 e. The first kappa shape index (κ1) is 18.5. The van der Waals surface area contributed by atoms with E-state index in [4.69, 9.17) is 11.6 Å². The summed E-state index contributed by atoms with van der Waals surface area (Å²) in [4.78, 5) is 21.1. The van der Waals surface area contributed by atoms with Crippen molar-refractivity contribution in [1.82, 2.24) is 9.88 Å². The maximum atomic E-state index is 12.9. The third-order valence-electron chi connectivity index (χ3n) is 3.53. The van der Waals surface area contributed by atoms with Crippen molar-refractivity contribution in [1.29, 1.82) is 0 Å². The second-order valence-electron chi connectivity index (χ2n) is 5.51. The van der Waals surface area contributed by atoms with Crippen LogP contribution in [0.3, 0.4) is 0 Å². The van der Waals surface area contributed by atoms with Crippen LogP contribution in [0.25, 0.3) is 0 Å². The third-order valence-corrected chi connectivity index (χ3v) is 6.67. The minimum absolute atomic E-state index is 0.0158. The molecule has 0 spiro atoms. The highest BCUT2D eigenvalue weighted by atomic mass is 35.5. The van der Waals surface area contributed by atoms with E-state index in [1.54, 1.807) is 28.0 Å². The number of benzene rings is 1. The summed E-state index contributed by atoms with van der Waals surface area (Å²) in [5, 5.41) is 3.13. The minimum Gasteiger partial charge on any atom is -0.337 e. The van der Waals surface area contributed by atoms with E-state index in [1.807, 2.05) is 50.4 Å². The van der Waals surface area contributed by atoms with Crippen molar-refractivity contribution in [2.45, 2.75) is 24.1 Å². The van der Waals surface area contributed by atoms with Gasteiger partial charge in [-0.3, -0.25) is 4.79 Å². The molecule has 0 bridgehead atoms. The van der Waals surface area contributed by atoms with E-state index in [-0.39, 0.29) is 5.91 Å². The summed E-state index contributed by atoms with van der Waals surface area (Å²) in [6.45, 7) is 2.56. The van der Waals surface area contributed by atoms with Gasteiger partial charge in [0.15, 0.2) is 0 Å². The Morgan fingerprint density at radius 3 is 2.76 bits per heavy atom. The zero-order chi connectivity index (χ0) is 17.8. The molecule has 0 unspecified atom stereocenters. The quantitative estimate of drug-likeness (QED) is 0.488. The molecule has 130 valence electrons. The smallest absolute Gasteiger partial charge is 0.255 e. The number of hydrogen-bond donors (Lipinski definition) is 0. The first-order chi connectivity index (χ1) is 12.0. The van der Waals surface area contributed by atoms with Crippen LogP contribution in [-0.2, 0) is 12.3 Å². The topological polar surface area (TPSA) is 33.2 Å². The molecule has 3 aromatic rings.